The second-order valence-corrected chi connectivity index (χ2v) is 6.63. The van der Waals surface area contributed by atoms with E-state index >= 15 is 0 Å². The van der Waals surface area contributed by atoms with Crippen LogP contribution in [0.15, 0.2) is 47.4 Å². The highest BCUT2D eigenvalue weighted by Gasteiger charge is 2.18. The van der Waals surface area contributed by atoms with Gasteiger partial charge in [-0.1, -0.05) is 30.2 Å². The first-order chi connectivity index (χ1) is 12.5. The van der Waals surface area contributed by atoms with Crippen LogP contribution in [0.5, 0.6) is 0 Å². The number of carbonyl (C=O) groups is 1. The third-order valence-electron chi connectivity index (χ3n) is 4.37. The van der Waals surface area contributed by atoms with Crippen LogP contribution in [0.2, 0.25) is 5.02 Å². The van der Waals surface area contributed by atoms with Crippen LogP contribution in [0.3, 0.4) is 0 Å². The molecule has 0 radical (unpaired) electrons. The van der Waals surface area contributed by atoms with Gasteiger partial charge in [0.1, 0.15) is 0 Å². The maximum atomic E-state index is 11.3. The summed E-state index contributed by atoms with van der Waals surface area (Å²) >= 11 is 5.87. The summed E-state index contributed by atoms with van der Waals surface area (Å²) in [5.74, 6) is 0.258. The van der Waals surface area contributed by atoms with Crippen LogP contribution < -0.4 is 11.3 Å². The molecule has 1 aliphatic carbocycles. The van der Waals surface area contributed by atoms with Crippen molar-refractivity contribution in [3.8, 4) is 0 Å². The first kappa shape index (κ1) is 20.2. The average molecular weight is 377 g/mol. The predicted octanol–water partition coefficient (Wildman–Crippen LogP) is 3.59. The Bertz CT molecular complexity index is 785. The van der Waals surface area contributed by atoms with Crippen molar-refractivity contribution < 1.29 is 9.53 Å². The molecule has 1 fully saturated rings. The molecule has 26 heavy (non-hydrogen) atoms. The highest BCUT2D eigenvalue weighted by atomic mass is 35.5. The van der Waals surface area contributed by atoms with Crippen molar-refractivity contribution in [2.45, 2.75) is 38.6 Å². The van der Waals surface area contributed by atoms with E-state index in [0.29, 0.717) is 25.3 Å². The number of nitrogens with two attached hydrogens (primary N) is 1. The zero-order valence-electron chi connectivity index (χ0n) is 15.0. The number of ether oxygens (including phenoxy) is 1. The van der Waals surface area contributed by atoms with Gasteiger partial charge in [-0.15, -0.1) is 0 Å². The summed E-state index contributed by atoms with van der Waals surface area (Å²) in [6.45, 7) is 3.35. The van der Waals surface area contributed by atoms with Gasteiger partial charge in [0.15, 0.2) is 0 Å². The number of halogens is 1. The van der Waals surface area contributed by atoms with Crippen LogP contribution in [-0.2, 0) is 11.3 Å². The Morgan fingerprint density at radius 1 is 1.31 bits per heavy atom. The fourth-order valence-electron chi connectivity index (χ4n) is 2.66. The number of benzene rings is 1. The van der Waals surface area contributed by atoms with E-state index in [9.17, 15) is 9.59 Å². The van der Waals surface area contributed by atoms with Crippen LogP contribution in [0.4, 0.5) is 0 Å². The Hall–Kier alpha value is -2.11. The largest absolute Gasteiger partial charge is 0.380 e. The number of amides is 1. The molecule has 0 aliphatic heterocycles. The van der Waals surface area contributed by atoms with Crippen molar-refractivity contribution in [3.63, 3.8) is 0 Å². The van der Waals surface area contributed by atoms with Gasteiger partial charge < -0.3 is 15.0 Å². The molecule has 0 saturated heterocycles. The van der Waals surface area contributed by atoms with Gasteiger partial charge >= 0.3 is 0 Å². The smallest absolute Gasteiger partial charge is 0.250 e. The summed E-state index contributed by atoms with van der Waals surface area (Å²) < 4.78 is 6.53. The SMILES string of the molecule is CCOCCn1cc(C(N)=O)ccc1=O.Clc1cccc(C2CCC2)c1. The van der Waals surface area contributed by atoms with Crippen LogP contribution >= 0.6 is 11.6 Å². The van der Waals surface area contributed by atoms with E-state index in [1.807, 2.05) is 19.1 Å². The van der Waals surface area contributed by atoms with E-state index in [-0.39, 0.29) is 5.56 Å². The molecule has 6 heteroatoms. The van der Waals surface area contributed by atoms with Crippen molar-refractivity contribution in [1.29, 1.82) is 0 Å². The Kier molecular flexibility index (Phi) is 7.88. The van der Waals surface area contributed by atoms with Gasteiger partial charge in [-0.3, -0.25) is 9.59 Å². The molecule has 2 aromatic rings. The van der Waals surface area contributed by atoms with E-state index in [1.54, 1.807) is 0 Å². The molecule has 0 bridgehead atoms. The zero-order valence-corrected chi connectivity index (χ0v) is 15.7. The minimum atomic E-state index is -0.542. The van der Waals surface area contributed by atoms with Crippen LogP contribution in [-0.4, -0.2) is 23.7 Å². The van der Waals surface area contributed by atoms with Crippen molar-refractivity contribution in [2.75, 3.05) is 13.2 Å². The van der Waals surface area contributed by atoms with Gasteiger partial charge in [-0.2, -0.15) is 0 Å². The minimum Gasteiger partial charge on any atom is -0.380 e. The molecule has 0 atom stereocenters. The molecule has 140 valence electrons. The first-order valence-corrected chi connectivity index (χ1v) is 9.22. The summed E-state index contributed by atoms with van der Waals surface area (Å²) in [7, 11) is 0. The lowest BCUT2D eigenvalue weighted by Gasteiger charge is -2.25. The summed E-state index contributed by atoms with van der Waals surface area (Å²) in [6, 6.07) is 11.0. The van der Waals surface area contributed by atoms with Crippen molar-refractivity contribution >= 4 is 17.5 Å². The van der Waals surface area contributed by atoms with Crippen molar-refractivity contribution in [3.05, 3.63) is 69.1 Å². The molecule has 1 aromatic heterocycles. The van der Waals surface area contributed by atoms with Crippen molar-refractivity contribution in [1.82, 2.24) is 4.57 Å². The number of aromatic nitrogens is 1. The average Bonchev–Trinajstić information content (AvgIpc) is 2.56. The predicted molar refractivity (Wildman–Crippen MR) is 104 cm³/mol. The summed E-state index contributed by atoms with van der Waals surface area (Å²) in [5.41, 5.74) is 6.68. The highest BCUT2D eigenvalue weighted by Crippen LogP contribution is 2.36. The third kappa shape index (κ3) is 6.00. The molecule has 1 aliphatic rings. The van der Waals surface area contributed by atoms with Gasteiger partial charge in [-0.05, 0) is 49.4 Å². The molecule has 3 rings (SSSR count). The number of nitrogens with zero attached hydrogens (tertiary/aromatic N) is 1. The van der Waals surface area contributed by atoms with Crippen molar-refractivity contribution in [2.24, 2.45) is 5.73 Å². The molecule has 1 heterocycles. The lowest BCUT2D eigenvalue weighted by Crippen LogP contribution is -2.24. The van der Waals surface area contributed by atoms with Gasteiger partial charge in [0, 0.05) is 30.4 Å². The standard InChI is InChI=1S/C10H11Cl.C10H14N2O3/c11-10-6-2-5-9(7-10)8-3-1-4-8;1-2-15-6-5-12-7-8(10(11)14)3-4-9(12)13/h2,5-8H,1,3-4H2;3-4,7H,2,5-6H2,1H3,(H2,11,14). The third-order valence-corrected chi connectivity index (χ3v) is 4.61. The fraction of sp³-hybridized carbons (Fsp3) is 0.400. The number of primary amides is 1. The van der Waals surface area contributed by atoms with E-state index in [2.05, 4.69) is 12.1 Å². The van der Waals surface area contributed by atoms with E-state index in [0.717, 1.165) is 10.9 Å². The summed E-state index contributed by atoms with van der Waals surface area (Å²) in [6.07, 6.45) is 5.53. The lowest BCUT2D eigenvalue weighted by molar-refractivity contribution is 0.0998. The van der Waals surface area contributed by atoms with Crippen LogP contribution in [0.1, 0.15) is 48.0 Å². The normalized spacial score (nSPS) is 13.5. The molecule has 1 amide bonds. The van der Waals surface area contributed by atoms with Gasteiger partial charge in [-0.25, -0.2) is 0 Å². The van der Waals surface area contributed by atoms with Crippen LogP contribution in [0.25, 0.3) is 0 Å². The highest BCUT2D eigenvalue weighted by molar-refractivity contribution is 6.30. The Morgan fingerprint density at radius 2 is 2.08 bits per heavy atom. The van der Waals surface area contributed by atoms with Crippen LogP contribution in [0, 0.1) is 0 Å². The topological polar surface area (TPSA) is 74.3 Å². The summed E-state index contributed by atoms with van der Waals surface area (Å²) in [4.78, 5) is 22.2. The molecule has 2 N–H and O–H groups in total. The van der Waals surface area contributed by atoms with E-state index < -0.39 is 5.91 Å². The van der Waals surface area contributed by atoms with Gasteiger partial charge in [0.2, 0.25) is 5.91 Å². The van der Waals surface area contributed by atoms with E-state index in [4.69, 9.17) is 22.1 Å². The molecular weight excluding hydrogens is 352 g/mol. The van der Waals surface area contributed by atoms with Gasteiger partial charge in [0.05, 0.1) is 12.2 Å². The minimum absolute atomic E-state index is 0.167. The van der Waals surface area contributed by atoms with E-state index in [1.165, 1.54) is 47.7 Å². The molecule has 0 spiro atoms. The first-order valence-electron chi connectivity index (χ1n) is 8.84. The summed E-state index contributed by atoms with van der Waals surface area (Å²) in [5, 5.41) is 0.870. The maximum absolute atomic E-state index is 11.3. The number of pyridine rings is 1. The number of rotatable bonds is 6. The second kappa shape index (κ2) is 10.1. The lowest BCUT2D eigenvalue weighted by atomic mass is 9.80. The monoisotopic (exact) mass is 376 g/mol. The number of hydrogen-bond donors (Lipinski definition) is 1. The zero-order chi connectivity index (χ0) is 18.9. The number of hydrogen-bond acceptors (Lipinski definition) is 3. The molecular formula is C20H25ClN2O3. The Morgan fingerprint density at radius 3 is 2.65 bits per heavy atom. The molecule has 1 saturated carbocycles. The fourth-order valence-corrected chi connectivity index (χ4v) is 2.86. The quantitative estimate of drug-likeness (QED) is 0.783. The molecule has 1 aromatic carbocycles. The second-order valence-electron chi connectivity index (χ2n) is 6.19. The Labute approximate surface area is 158 Å². The molecule has 0 unspecified atom stereocenters. The van der Waals surface area contributed by atoms with Gasteiger partial charge in [0.25, 0.3) is 5.56 Å². The Balaban J connectivity index is 0.000000195. The number of carbonyl (C=O) groups excluding carboxylic acids is 1. The molecule has 5 nitrogen and oxygen atoms in total. The maximum Gasteiger partial charge on any atom is 0.250 e.